The molecule has 110 valence electrons. The van der Waals surface area contributed by atoms with Gasteiger partial charge in [-0.3, -0.25) is 14.2 Å². The number of carbonyl (C=O) groups is 2. The van der Waals surface area contributed by atoms with Crippen LogP contribution in [0.25, 0.3) is 11.0 Å². The average molecular weight is 289 g/mol. The summed E-state index contributed by atoms with van der Waals surface area (Å²) in [7, 11) is 0. The number of ketones is 1. The molecule has 0 saturated carbocycles. The van der Waals surface area contributed by atoms with Crippen LogP contribution in [-0.2, 0) is 4.79 Å². The number of benzene rings is 1. The monoisotopic (exact) mass is 289 g/mol. The number of carbonyl (C=O) groups excluding carboxylic acids is 2. The minimum Gasteiger partial charge on any atom is -0.359 e. The van der Waals surface area contributed by atoms with Crippen molar-refractivity contribution in [3.05, 3.63) is 42.1 Å². The fraction of sp³-hybridized carbons (Fsp3) is 0.286. The molecule has 0 N–H and O–H groups in total. The predicted octanol–water partition coefficient (Wildman–Crippen LogP) is 1.07. The van der Waals surface area contributed by atoms with E-state index < -0.39 is 0 Å². The number of likely N-dealkylation sites (tertiary alicyclic amines) is 1. The van der Waals surface area contributed by atoms with E-state index in [2.05, 4.69) is 22.9 Å². The van der Waals surface area contributed by atoms with Gasteiger partial charge in [0.25, 0.3) is 5.91 Å². The zero-order chi connectivity index (χ0) is 15.4. The Bertz CT molecular complexity index is 670. The highest BCUT2D eigenvalue weighted by molar-refractivity contribution is 5.97. The van der Waals surface area contributed by atoms with Crippen molar-refractivity contribution in [3.63, 3.8) is 0 Å². The average Bonchev–Trinajstić information content (AvgIpc) is 2.90. The second-order valence-electron chi connectivity index (χ2n) is 4.46. The second kappa shape index (κ2) is 6.17. The molecule has 0 spiro atoms. The first kappa shape index (κ1) is 14.7. The van der Waals surface area contributed by atoms with Crippen LogP contribution >= 0.6 is 0 Å². The maximum atomic E-state index is 12.2. The van der Waals surface area contributed by atoms with E-state index in [-0.39, 0.29) is 17.2 Å². The molecule has 1 aliphatic heterocycles. The number of hydrogen-bond donors (Lipinski definition) is 0. The minimum atomic E-state index is -0.158. The smallest absolute Gasteiger partial charge is 0.254 e. The Balaban J connectivity index is 0.000000774. The van der Waals surface area contributed by atoms with Crippen molar-refractivity contribution in [1.82, 2.24) is 10.1 Å². The number of rotatable bonds is 1. The minimum absolute atomic E-state index is 0.158. The molecule has 0 aliphatic carbocycles. The van der Waals surface area contributed by atoms with Gasteiger partial charge in [0.15, 0.2) is 0 Å². The fourth-order valence-corrected chi connectivity index (χ4v) is 2.15. The van der Waals surface area contributed by atoms with E-state index in [1.807, 2.05) is 0 Å². The number of piperidine rings is 1. The van der Waals surface area contributed by atoms with Crippen molar-refractivity contribution < 1.29 is 19.1 Å². The summed E-state index contributed by atoms with van der Waals surface area (Å²) in [5, 5.41) is 14.7. The van der Waals surface area contributed by atoms with Gasteiger partial charge in [-0.25, -0.2) is 0 Å². The summed E-state index contributed by atoms with van der Waals surface area (Å²) in [6, 6.07) is 4.58. The molecule has 0 bridgehead atoms. The van der Waals surface area contributed by atoms with Gasteiger partial charge in [0.05, 0.1) is 0 Å². The Morgan fingerprint density at radius 2 is 2.00 bits per heavy atom. The molecule has 3 rings (SSSR count). The quantitative estimate of drug-likeness (QED) is 0.578. The van der Waals surface area contributed by atoms with Crippen LogP contribution in [-0.4, -0.2) is 34.8 Å². The summed E-state index contributed by atoms with van der Waals surface area (Å²) >= 11 is 0. The molecular weight excluding hydrogens is 274 g/mol. The van der Waals surface area contributed by atoms with Crippen molar-refractivity contribution in [3.8, 4) is 0 Å². The highest BCUT2D eigenvalue weighted by atomic mass is 16.8. The normalized spacial score (nSPS) is 14.7. The molecule has 2 aromatic rings. The highest BCUT2D eigenvalue weighted by Crippen LogP contribution is 2.15. The number of fused-ring (bicyclic) bond motifs is 1. The van der Waals surface area contributed by atoms with E-state index in [4.69, 9.17) is 0 Å². The van der Waals surface area contributed by atoms with Gasteiger partial charge in [-0.05, 0) is 17.0 Å². The van der Waals surface area contributed by atoms with E-state index >= 15 is 0 Å². The SMILES string of the molecule is C=C.O=C1CCN(C(=O)c2ccc3c(c2)no[n+]3[O-])CC1. The second-order valence-corrected chi connectivity index (χ2v) is 4.46. The van der Waals surface area contributed by atoms with Gasteiger partial charge in [-0.1, -0.05) is 0 Å². The maximum absolute atomic E-state index is 12.2. The maximum Gasteiger partial charge on any atom is 0.254 e. The zero-order valence-electron chi connectivity index (χ0n) is 11.4. The van der Waals surface area contributed by atoms with Gasteiger partial charge < -0.3 is 10.1 Å². The van der Waals surface area contributed by atoms with E-state index in [0.717, 1.165) is 0 Å². The van der Waals surface area contributed by atoms with Crippen LogP contribution < -0.4 is 4.90 Å². The number of amides is 1. The molecule has 0 radical (unpaired) electrons. The summed E-state index contributed by atoms with van der Waals surface area (Å²) in [4.78, 5) is 25.3. The van der Waals surface area contributed by atoms with Gasteiger partial charge in [-0.15, -0.1) is 13.2 Å². The van der Waals surface area contributed by atoms with E-state index in [1.165, 1.54) is 12.1 Å². The number of Topliss-reactive ketones (excluding diaryl/α,β-unsaturated/α-hetero) is 1. The van der Waals surface area contributed by atoms with Crippen LogP contribution in [0, 0.1) is 5.21 Å². The lowest BCUT2D eigenvalue weighted by molar-refractivity contribution is -0.782. The van der Waals surface area contributed by atoms with Crippen molar-refractivity contribution in [1.29, 1.82) is 0 Å². The summed E-state index contributed by atoms with van der Waals surface area (Å²) in [6.07, 6.45) is 0.803. The Labute approximate surface area is 121 Å². The predicted molar refractivity (Wildman–Crippen MR) is 74.4 cm³/mol. The molecule has 2 heterocycles. The first-order valence-corrected chi connectivity index (χ1v) is 6.45. The molecular formula is C14H15N3O4. The van der Waals surface area contributed by atoms with Gasteiger partial charge in [-0.2, -0.15) is 0 Å². The number of nitrogens with zero attached hydrogens (tertiary/aromatic N) is 3. The first-order valence-electron chi connectivity index (χ1n) is 6.45. The van der Waals surface area contributed by atoms with Crippen LogP contribution in [0.2, 0.25) is 0 Å². The summed E-state index contributed by atoms with van der Waals surface area (Å²) in [5.74, 6) is 0.0262. The van der Waals surface area contributed by atoms with E-state index in [9.17, 15) is 14.8 Å². The molecule has 0 atom stereocenters. The van der Waals surface area contributed by atoms with E-state index in [0.29, 0.717) is 41.9 Å². The van der Waals surface area contributed by atoms with E-state index in [1.54, 1.807) is 11.0 Å². The van der Waals surface area contributed by atoms with Gasteiger partial charge in [0.1, 0.15) is 5.78 Å². The lowest BCUT2D eigenvalue weighted by Crippen LogP contribution is -2.38. The Kier molecular flexibility index (Phi) is 4.32. The number of hydrogen-bond acceptors (Lipinski definition) is 5. The molecule has 1 aromatic heterocycles. The number of aromatic nitrogens is 2. The fourth-order valence-electron chi connectivity index (χ4n) is 2.15. The van der Waals surface area contributed by atoms with Crippen LogP contribution in [0.4, 0.5) is 0 Å². The van der Waals surface area contributed by atoms with Crippen molar-refractivity contribution in [2.45, 2.75) is 12.8 Å². The zero-order valence-corrected chi connectivity index (χ0v) is 11.4. The van der Waals surface area contributed by atoms with Crippen LogP contribution in [0.3, 0.4) is 0 Å². The van der Waals surface area contributed by atoms with Crippen molar-refractivity contribution in [2.24, 2.45) is 0 Å². The van der Waals surface area contributed by atoms with Crippen LogP contribution in [0.1, 0.15) is 23.2 Å². The standard InChI is InChI=1S/C12H11N3O4.C2H4/c16-9-3-5-14(6-4-9)12(17)8-1-2-11-10(7-8)13-19-15(11)18;1-2/h1-2,7H,3-6H2;1-2H2. The van der Waals surface area contributed by atoms with Crippen molar-refractivity contribution >= 4 is 22.7 Å². The topological polar surface area (TPSA) is 90.4 Å². The first-order chi connectivity index (χ1) is 10.1. The summed E-state index contributed by atoms with van der Waals surface area (Å²) in [5.41, 5.74) is 1.06. The molecule has 0 unspecified atom stereocenters. The largest absolute Gasteiger partial charge is 0.359 e. The van der Waals surface area contributed by atoms with Gasteiger partial charge in [0, 0.05) is 42.7 Å². The molecule has 7 heteroatoms. The Morgan fingerprint density at radius 1 is 1.33 bits per heavy atom. The van der Waals surface area contributed by atoms with Crippen molar-refractivity contribution in [2.75, 3.05) is 13.1 Å². The molecule has 1 fully saturated rings. The molecule has 1 saturated heterocycles. The van der Waals surface area contributed by atoms with Gasteiger partial charge in [0.2, 0.25) is 11.0 Å². The molecule has 21 heavy (non-hydrogen) atoms. The van der Waals surface area contributed by atoms with Gasteiger partial charge >= 0.3 is 0 Å². The van der Waals surface area contributed by atoms with Crippen LogP contribution in [0.5, 0.6) is 0 Å². The Morgan fingerprint density at radius 3 is 2.67 bits per heavy atom. The molecule has 1 aliphatic rings. The molecule has 1 aromatic carbocycles. The molecule has 1 amide bonds. The lowest BCUT2D eigenvalue weighted by atomic mass is 10.1. The summed E-state index contributed by atoms with van der Waals surface area (Å²) in [6.45, 7) is 6.88. The molecule has 7 nitrogen and oxygen atoms in total. The highest BCUT2D eigenvalue weighted by Gasteiger charge is 2.23. The Hall–Kier alpha value is -2.70. The van der Waals surface area contributed by atoms with Crippen LogP contribution in [0.15, 0.2) is 36.0 Å². The summed E-state index contributed by atoms with van der Waals surface area (Å²) < 4.78 is 4.45. The third-order valence-electron chi connectivity index (χ3n) is 3.24. The third-order valence-corrected chi connectivity index (χ3v) is 3.24. The third kappa shape index (κ3) is 2.91. The lowest BCUT2D eigenvalue weighted by Gasteiger charge is -2.25.